The van der Waals surface area contributed by atoms with Gasteiger partial charge in [0.2, 0.25) is 5.91 Å². The number of hydrogen-bond acceptors (Lipinski definition) is 3. The summed E-state index contributed by atoms with van der Waals surface area (Å²) in [5.41, 5.74) is -0.846. The lowest BCUT2D eigenvalue weighted by atomic mass is 9.69. The summed E-state index contributed by atoms with van der Waals surface area (Å²) in [4.78, 5) is 15.8. The van der Waals surface area contributed by atoms with Crippen molar-refractivity contribution in [2.24, 2.45) is 5.41 Å². The summed E-state index contributed by atoms with van der Waals surface area (Å²) in [7, 11) is 0. The van der Waals surface area contributed by atoms with Crippen molar-refractivity contribution in [1.29, 1.82) is 5.26 Å². The molecule has 0 saturated heterocycles. The number of pyridine rings is 1. The fourth-order valence-corrected chi connectivity index (χ4v) is 1.72. The molecular weight excluding hydrogens is 226 g/mol. The fourth-order valence-electron chi connectivity index (χ4n) is 1.61. The number of carbonyl (C=O) groups excluding carboxylic acids is 1. The van der Waals surface area contributed by atoms with Crippen molar-refractivity contribution in [2.45, 2.75) is 19.3 Å². The van der Waals surface area contributed by atoms with Gasteiger partial charge in [0, 0.05) is 6.20 Å². The molecule has 1 aliphatic carbocycles. The normalized spacial score (nSPS) is 17.0. The molecule has 1 N–H and O–H groups in total. The van der Waals surface area contributed by atoms with Gasteiger partial charge in [-0.25, -0.2) is 4.98 Å². The van der Waals surface area contributed by atoms with Crippen molar-refractivity contribution in [3.63, 3.8) is 0 Å². The average Bonchev–Trinajstić information content (AvgIpc) is 2.21. The molecule has 0 aliphatic heterocycles. The van der Waals surface area contributed by atoms with E-state index in [4.69, 9.17) is 16.9 Å². The number of amides is 1. The van der Waals surface area contributed by atoms with Gasteiger partial charge in [-0.2, -0.15) is 5.26 Å². The Morgan fingerprint density at radius 3 is 2.75 bits per heavy atom. The maximum Gasteiger partial charge on any atom is 0.246 e. The first-order valence-corrected chi connectivity index (χ1v) is 5.38. The van der Waals surface area contributed by atoms with E-state index in [1.54, 1.807) is 12.1 Å². The van der Waals surface area contributed by atoms with Crippen LogP contribution in [0.3, 0.4) is 0 Å². The molecule has 1 aliphatic rings. The summed E-state index contributed by atoms with van der Waals surface area (Å²) >= 11 is 5.68. The third-order valence-corrected chi connectivity index (χ3v) is 3.05. The number of nitriles is 1. The molecule has 5 heteroatoms. The molecule has 0 unspecified atom stereocenters. The predicted octanol–water partition coefficient (Wildman–Crippen LogP) is 2.37. The number of rotatable bonds is 2. The zero-order valence-corrected chi connectivity index (χ0v) is 9.29. The quantitative estimate of drug-likeness (QED) is 0.856. The Kier molecular flexibility index (Phi) is 2.80. The van der Waals surface area contributed by atoms with Gasteiger partial charge >= 0.3 is 0 Å². The van der Waals surface area contributed by atoms with Crippen LogP contribution in [0.2, 0.25) is 5.02 Å². The molecule has 1 aromatic heterocycles. The number of anilines is 1. The largest absolute Gasteiger partial charge is 0.309 e. The monoisotopic (exact) mass is 235 g/mol. The van der Waals surface area contributed by atoms with Crippen LogP contribution < -0.4 is 5.32 Å². The van der Waals surface area contributed by atoms with E-state index in [9.17, 15) is 4.79 Å². The summed E-state index contributed by atoms with van der Waals surface area (Å²) in [6.07, 6.45) is 3.64. The van der Waals surface area contributed by atoms with E-state index in [1.165, 1.54) is 6.20 Å². The molecule has 1 saturated carbocycles. The molecule has 82 valence electrons. The maximum absolute atomic E-state index is 11.8. The third kappa shape index (κ3) is 1.86. The van der Waals surface area contributed by atoms with Crippen molar-refractivity contribution < 1.29 is 4.79 Å². The molecule has 1 aromatic rings. The highest BCUT2D eigenvalue weighted by molar-refractivity contribution is 6.30. The molecule has 1 amide bonds. The minimum Gasteiger partial charge on any atom is -0.309 e. The van der Waals surface area contributed by atoms with Gasteiger partial charge in [-0.15, -0.1) is 0 Å². The number of halogens is 1. The molecule has 0 radical (unpaired) electrons. The zero-order valence-electron chi connectivity index (χ0n) is 8.53. The highest BCUT2D eigenvalue weighted by Gasteiger charge is 2.44. The second-order valence-electron chi connectivity index (χ2n) is 3.86. The van der Waals surface area contributed by atoms with Crippen molar-refractivity contribution >= 4 is 23.3 Å². The Morgan fingerprint density at radius 1 is 1.56 bits per heavy atom. The zero-order chi connectivity index (χ0) is 11.6. The van der Waals surface area contributed by atoms with E-state index in [-0.39, 0.29) is 5.91 Å². The van der Waals surface area contributed by atoms with Gasteiger partial charge in [0.15, 0.2) is 0 Å². The van der Waals surface area contributed by atoms with Crippen LogP contribution in [-0.2, 0) is 4.79 Å². The molecule has 2 rings (SSSR count). The Bertz CT molecular complexity index is 445. The summed E-state index contributed by atoms with van der Waals surface area (Å²) in [6.45, 7) is 0. The van der Waals surface area contributed by atoms with Gasteiger partial charge in [-0.05, 0) is 31.4 Å². The van der Waals surface area contributed by atoms with Crippen LogP contribution in [0.15, 0.2) is 18.3 Å². The van der Waals surface area contributed by atoms with Gasteiger partial charge in [-0.3, -0.25) is 4.79 Å². The molecule has 0 bridgehead atoms. The second-order valence-corrected chi connectivity index (χ2v) is 4.30. The Balaban J connectivity index is 2.08. The number of nitrogens with one attached hydrogen (secondary N) is 1. The molecule has 16 heavy (non-hydrogen) atoms. The highest BCUT2D eigenvalue weighted by atomic mass is 35.5. The molecular formula is C11H10ClN3O. The second kappa shape index (κ2) is 4.11. The maximum atomic E-state index is 11.8. The lowest BCUT2D eigenvalue weighted by Crippen LogP contribution is -2.40. The Morgan fingerprint density at radius 2 is 2.31 bits per heavy atom. The predicted molar refractivity (Wildman–Crippen MR) is 59.8 cm³/mol. The van der Waals surface area contributed by atoms with Crippen LogP contribution in [0.25, 0.3) is 0 Å². The average molecular weight is 236 g/mol. The fraction of sp³-hybridized carbons (Fsp3) is 0.364. The first-order valence-electron chi connectivity index (χ1n) is 5.00. The smallest absolute Gasteiger partial charge is 0.246 e. The lowest BCUT2D eigenvalue weighted by molar-refractivity contribution is -0.126. The van der Waals surface area contributed by atoms with Crippen LogP contribution in [0.5, 0.6) is 0 Å². The third-order valence-electron chi connectivity index (χ3n) is 2.82. The van der Waals surface area contributed by atoms with E-state index in [0.717, 1.165) is 6.42 Å². The number of aromatic nitrogens is 1. The van der Waals surface area contributed by atoms with E-state index >= 15 is 0 Å². The number of carbonyl (C=O) groups is 1. The lowest BCUT2D eigenvalue weighted by Gasteiger charge is -2.33. The topological polar surface area (TPSA) is 65.8 Å². The van der Waals surface area contributed by atoms with E-state index in [2.05, 4.69) is 16.4 Å². The van der Waals surface area contributed by atoms with Crippen molar-refractivity contribution in [1.82, 2.24) is 4.98 Å². The SMILES string of the molecule is N#CC1(C(=O)Nc2ccc(Cl)cn2)CCC1. The van der Waals surface area contributed by atoms with Gasteiger partial charge < -0.3 is 5.32 Å². The minimum atomic E-state index is -0.846. The number of nitrogens with zero attached hydrogens (tertiary/aromatic N) is 2. The highest BCUT2D eigenvalue weighted by Crippen LogP contribution is 2.41. The molecule has 0 spiro atoms. The Labute approximate surface area is 98.2 Å². The first-order chi connectivity index (χ1) is 7.66. The van der Waals surface area contributed by atoms with Gasteiger partial charge in [0.05, 0.1) is 11.1 Å². The van der Waals surface area contributed by atoms with Crippen LogP contribution in [0, 0.1) is 16.7 Å². The van der Waals surface area contributed by atoms with E-state index in [0.29, 0.717) is 23.7 Å². The van der Waals surface area contributed by atoms with Crippen molar-refractivity contribution in [2.75, 3.05) is 5.32 Å². The standard InChI is InChI=1S/C11H10ClN3O/c12-8-2-3-9(14-6-8)15-10(16)11(7-13)4-1-5-11/h2-3,6H,1,4-5H2,(H,14,15,16). The van der Waals surface area contributed by atoms with Gasteiger partial charge in [0.25, 0.3) is 0 Å². The minimum absolute atomic E-state index is 0.268. The van der Waals surface area contributed by atoms with Gasteiger partial charge in [-0.1, -0.05) is 11.6 Å². The molecule has 0 atom stereocenters. The summed E-state index contributed by atoms with van der Waals surface area (Å²) < 4.78 is 0. The van der Waals surface area contributed by atoms with E-state index < -0.39 is 5.41 Å². The first kappa shape index (κ1) is 10.9. The van der Waals surface area contributed by atoms with Crippen molar-refractivity contribution in [3.8, 4) is 6.07 Å². The van der Waals surface area contributed by atoms with Crippen LogP contribution >= 0.6 is 11.6 Å². The summed E-state index contributed by atoms with van der Waals surface area (Å²) in [6, 6.07) is 5.34. The molecule has 0 aromatic carbocycles. The summed E-state index contributed by atoms with van der Waals surface area (Å²) in [5, 5.41) is 12.1. The van der Waals surface area contributed by atoms with Crippen LogP contribution in [0.1, 0.15) is 19.3 Å². The molecule has 1 fully saturated rings. The Hall–Kier alpha value is -1.60. The number of hydrogen-bond donors (Lipinski definition) is 1. The van der Waals surface area contributed by atoms with E-state index in [1.807, 2.05) is 0 Å². The van der Waals surface area contributed by atoms with Gasteiger partial charge in [0.1, 0.15) is 11.2 Å². The molecule has 1 heterocycles. The van der Waals surface area contributed by atoms with Crippen LogP contribution in [0.4, 0.5) is 5.82 Å². The summed E-state index contributed by atoms with van der Waals surface area (Å²) in [5.74, 6) is 0.159. The van der Waals surface area contributed by atoms with Crippen LogP contribution in [-0.4, -0.2) is 10.9 Å². The van der Waals surface area contributed by atoms with Crippen molar-refractivity contribution in [3.05, 3.63) is 23.4 Å². The molecule has 4 nitrogen and oxygen atoms in total.